The van der Waals surface area contributed by atoms with Gasteiger partial charge in [-0.2, -0.15) is 26.3 Å². The standard InChI is InChI=1S/C8H6F3NO3.C7H4F3NO3/c1-15-6-5(8(9,10)11)2-4(3-12-6)7(13)14;8-7(9,10)4-1-3(6(13)14)2-11-5(4)12/h2-3H,1H3,(H,13,14);1-2H,(H,11,12)(H,13,14). The van der Waals surface area contributed by atoms with Crippen LogP contribution in [0.4, 0.5) is 26.3 Å². The lowest BCUT2D eigenvalue weighted by atomic mass is 10.2. The number of carboxylic acids is 2. The second-order valence-electron chi connectivity index (χ2n) is 5.02. The Morgan fingerprint density at radius 3 is 1.86 bits per heavy atom. The first-order valence-corrected chi connectivity index (χ1v) is 7.06. The van der Waals surface area contributed by atoms with Crippen LogP contribution in [-0.4, -0.2) is 39.2 Å². The molecule has 0 atom stereocenters. The molecular formula is C15H10F6N2O6. The van der Waals surface area contributed by atoms with E-state index < -0.39 is 58.0 Å². The number of nitrogens with one attached hydrogen (secondary N) is 1. The first-order valence-electron chi connectivity index (χ1n) is 7.06. The van der Waals surface area contributed by atoms with Crippen molar-refractivity contribution in [3.05, 3.63) is 57.1 Å². The van der Waals surface area contributed by atoms with E-state index in [4.69, 9.17) is 10.2 Å². The lowest BCUT2D eigenvalue weighted by Gasteiger charge is -2.10. The first-order chi connectivity index (χ1) is 13.2. The molecule has 3 N–H and O–H groups in total. The van der Waals surface area contributed by atoms with Gasteiger partial charge in [0, 0.05) is 12.4 Å². The van der Waals surface area contributed by atoms with Crippen molar-refractivity contribution >= 4 is 11.9 Å². The molecule has 0 radical (unpaired) electrons. The predicted molar refractivity (Wildman–Crippen MR) is 81.8 cm³/mol. The summed E-state index contributed by atoms with van der Waals surface area (Å²) in [7, 11) is 1.03. The van der Waals surface area contributed by atoms with Crippen LogP contribution in [0, 0.1) is 0 Å². The summed E-state index contributed by atoms with van der Waals surface area (Å²) in [6.07, 6.45) is -8.03. The molecule has 0 saturated carbocycles. The molecule has 29 heavy (non-hydrogen) atoms. The third-order valence-corrected chi connectivity index (χ3v) is 3.05. The fraction of sp³-hybridized carbons (Fsp3) is 0.200. The van der Waals surface area contributed by atoms with Gasteiger partial charge in [0.25, 0.3) is 5.56 Å². The molecule has 0 unspecified atom stereocenters. The summed E-state index contributed by atoms with van der Waals surface area (Å²) < 4.78 is 77.7. The zero-order valence-corrected chi connectivity index (χ0v) is 14.1. The topological polar surface area (TPSA) is 130 Å². The van der Waals surface area contributed by atoms with E-state index in [1.54, 1.807) is 4.98 Å². The van der Waals surface area contributed by atoms with Crippen molar-refractivity contribution in [3.8, 4) is 5.88 Å². The van der Waals surface area contributed by atoms with Gasteiger partial charge in [-0.1, -0.05) is 0 Å². The molecule has 0 aromatic carbocycles. The Morgan fingerprint density at radius 2 is 1.45 bits per heavy atom. The summed E-state index contributed by atoms with van der Waals surface area (Å²) in [6, 6.07) is 0.773. The molecule has 8 nitrogen and oxygen atoms in total. The van der Waals surface area contributed by atoms with Crippen molar-refractivity contribution in [2.75, 3.05) is 7.11 Å². The van der Waals surface area contributed by atoms with E-state index in [0.717, 1.165) is 13.3 Å². The average Bonchev–Trinajstić information content (AvgIpc) is 2.60. The van der Waals surface area contributed by atoms with Crippen molar-refractivity contribution in [1.29, 1.82) is 0 Å². The van der Waals surface area contributed by atoms with E-state index in [0.29, 0.717) is 18.3 Å². The third-order valence-electron chi connectivity index (χ3n) is 3.05. The molecular weight excluding hydrogens is 418 g/mol. The molecule has 158 valence electrons. The van der Waals surface area contributed by atoms with Gasteiger partial charge in [-0.3, -0.25) is 4.79 Å². The molecule has 2 heterocycles. The smallest absolute Gasteiger partial charge is 0.421 e. The highest BCUT2D eigenvalue weighted by atomic mass is 19.4. The highest BCUT2D eigenvalue weighted by Crippen LogP contribution is 2.35. The molecule has 14 heteroatoms. The molecule has 2 rings (SSSR count). The number of aromatic nitrogens is 2. The fourth-order valence-corrected chi connectivity index (χ4v) is 1.75. The van der Waals surface area contributed by atoms with Crippen molar-refractivity contribution in [1.82, 2.24) is 9.97 Å². The van der Waals surface area contributed by atoms with E-state index in [1.807, 2.05) is 0 Å². The van der Waals surface area contributed by atoms with Gasteiger partial charge in [0.1, 0.15) is 11.1 Å². The highest BCUT2D eigenvalue weighted by molar-refractivity contribution is 5.87. The lowest BCUT2D eigenvalue weighted by molar-refractivity contribution is -0.139. The largest absolute Gasteiger partial charge is 0.481 e. The molecule has 0 bridgehead atoms. The monoisotopic (exact) mass is 428 g/mol. The van der Waals surface area contributed by atoms with Gasteiger partial charge >= 0.3 is 24.3 Å². The summed E-state index contributed by atoms with van der Waals surface area (Å²) in [5, 5.41) is 16.9. The van der Waals surface area contributed by atoms with Crippen LogP contribution in [0.25, 0.3) is 0 Å². The average molecular weight is 428 g/mol. The number of hydrogen-bond acceptors (Lipinski definition) is 5. The van der Waals surface area contributed by atoms with E-state index in [1.165, 1.54) is 0 Å². The summed E-state index contributed by atoms with van der Waals surface area (Å²) in [5.74, 6) is -3.66. The zero-order valence-electron chi connectivity index (χ0n) is 14.1. The Bertz CT molecular complexity index is 967. The Balaban J connectivity index is 0.000000291. The zero-order chi connectivity index (χ0) is 22.6. The maximum absolute atomic E-state index is 12.4. The highest BCUT2D eigenvalue weighted by Gasteiger charge is 2.36. The number of hydrogen-bond donors (Lipinski definition) is 3. The summed E-state index contributed by atoms with van der Waals surface area (Å²) in [5.41, 5.74) is -5.23. The minimum Gasteiger partial charge on any atom is -0.481 e. The molecule has 0 fully saturated rings. The molecule has 0 aliphatic carbocycles. The van der Waals surface area contributed by atoms with Gasteiger partial charge < -0.3 is 19.9 Å². The van der Waals surface area contributed by atoms with E-state index in [2.05, 4.69) is 9.72 Å². The van der Waals surface area contributed by atoms with Gasteiger partial charge in [-0.25, -0.2) is 14.6 Å². The number of aromatic carboxylic acids is 2. The van der Waals surface area contributed by atoms with Crippen LogP contribution in [0.1, 0.15) is 31.8 Å². The SMILES string of the molecule is COc1ncc(C(=O)O)cc1C(F)(F)F.O=C(O)c1c[nH]c(=O)c(C(F)(F)F)c1. The quantitative estimate of drug-likeness (QED) is 0.641. The lowest BCUT2D eigenvalue weighted by Crippen LogP contribution is -2.22. The van der Waals surface area contributed by atoms with Crippen molar-refractivity contribution < 1.29 is 50.9 Å². The Morgan fingerprint density at radius 1 is 0.966 bits per heavy atom. The van der Waals surface area contributed by atoms with Gasteiger partial charge in [-0.05, 0) is 12.1 Å². The Kier molecular flexibility index (Phi) is 6.97. The number of halogens is 6. The minimum atomic E-state index is -4.85. The van der Waals surface area contributed by atoms with E-state index in [9.17, 15) is 40.7 Å². The van der Waals surface area contributed by atoms with Gasteiger partial charge in [0.05, 0.1) is 18.2 Å². The Labute approximate surface area is 156 Å². The number of alkyl halides is 6. The molecule has 0 aliphatic heterocycles. The van der Waals surface area contributed by atoms with Crippen LogP contribution in [0.3, 0.4) is 0 Å². The number of aromatic amines is 1. The number of pyridine rings is 2. The van der Waals surface area contributed by atoms with Crippen LogP contribution >= 0.6 is 0 Å². The maximum atomic E-state index is 12.4. The molecule has 0 saturated heterocycles. The number of methoxy groups -OCH3 is 1. The number of carbonyl (C=O) groups is 2. The number of rotatable bonds is 3. The van der Waals surface area contributed by atoms with Crippen molar-refractivity contribution in [2.24, 2.45) is 0 Å². The van der Waals surface area contributed by atoms with E-state index in [-0.39, 0.29) is 0 Å². The van der Waals surface area contributed by atoms with Crippen LogP contribution < -0.4 is 10.3 Å². The minimum absolute atomic E-state index is 0.293. The Hall–Kier alpha value is -3.58. The van der Waals surface area contributed by atoms with Crippen LogP contribution in [0.2, 0.25) is 0 Å². The molecule has 0 aliphatic rings. The molecule has 0 amide bonds. The van der Waals surface area contributed by atoms with Crippen molar-refractivity contribution in [2.45, 2.75) is 12.4 Å². The molecule has 2 aromatic heterocycles. The van der Waals surface area contributed by atoms with Crippen LogP contribution in [0.15, 0.2) is 29.3 Å². The fourth-order valence-electron chi connectivity index (χ4n) is 1.75. The third kappa shape index (κ3) is 6.22. The van der Waals surface area contributed by atoms with Gasteiger partial charge in [0.2, 0.25) is 5.88 Å². The second kappa shape index (κ2) is 8.62. The van der Waals surface area contributed by atoms with Gasteiger partial charge in [-0.15, -0.1) is 0 Å². The number of carboxylic acid groups (broad SMARTS) is 2. The first kappa shape index (κ1) is 23.5. The molecule has 0 spiro atoms. The summed E-state index contributed by atoms with van der Waals surface area (Å²) in [4.78, 5) is 36.4. The van der Waals surface area contributed by atoms with E-state index >= 15 is 0 Å². The van der Waals surface area contributed by atoms with Gasteiger partial charge in [0.15, 0.2) is 0 Å². The second-order valence-corrected chi connectivity index (χ2v) is 5.02. The summed E-state index contributed by atoms with van der Waals surface area (Å²) in [6.45, 7) is 0. The van der Waals surface area contributed by atoms with Crippen molar-refractivity contribution in [3.63, 3.8) is 0 Å². The van der Waals surface area contributed by atoms with Crippen LogP contribution in [0.5, 0.6) is 5.88 Å². The van der Waals surface area contributed by atoms with Crippen LogP contribution in [-0.2, 0) is 12.4 Å². The maximum Gasteiger partial charge on any atom is 0.421 e. The normalized spacial score (nSPS) is 11.3. The number of ether oxygens (including phenoxy) is 1. The number of H-pyrrole nitrogens is 1. The number of nitrogens with zero attached hydrogens (tertiary/aromatic N) is 1. The summed E-state index contributed by atoms with van der Waals surface area (Å²) >= 11 is 0. The molecule has 2 aromatic rings. The predicted octanol–water partition coefficient (Wildman–Crippen LogP) is 2.90.